The Morgan fingerprint density at radius 3 is 2.50 bits per heavy atom. The summed E-state index contributed by atoms with van der Waals surface area (Å²) in [6, 6.07) is 0. The van der Waals surface area contributed by atoms with E-state index in [0.717, 1.165) is 0 Å². The first kappa shape index (κ1) is 6.75. The molecule has 0 aliphatic carbocycles. The molecule has 8 heavy (non-hydrogen) atoms. The fourth-order valence-electron chi connectivity index (χ4n) is 0.251. The average Bonchev–Trinajstić information content (AvgIpc) is 1.83. The highest BCUT2D eigenvalue weighted by Crippen LogP contribution is 1.82. The summed E-state index contributed by atoms with van der Waals surface area (Å²) in [4.78, 5) is 3.50. The van der Waals surface area contributed by atoms with Crippen LogP contribution in [0.25, 0.3) is 0 Å². The molecular formula is C5H9N3. The molecule has 44 valence electrons. The van der Waals surface area contributed by atoms with E-state index < -0.39 is 0 Å². The van der Waals surface area contributed by atoms with Gasteiger partial charge in [0.2, 0.25) is 0 Å². The van der Waals surface area contributed by atoms with Gasteiger partial charge >= 0.3 is 0 Å². The second-order valence-electron chi connectivity index (χ2n) is 1.06. The Morgan fingerprint density at radius 1 is 1.75 bits per heavy atom. The van der Waals surface area contributed by atoms with Crippen molar-refractivity contribution in [2.75, 3.05) is 0 Å². The summed E-state index contributed by atoms with van der Waals surface area (Å²) in [7, 11) is 0. The van der Waals surface area contributed by atoms with Crippen molar-refractivity contribution < 1.29 is 0 Å². The van der Waals surface area contributed by atoms with Crippen LogP contribution in [0.2, 0.25) is 0 Å². The minimum absolute atomic E-state index is 0.514. The monoisotopic (exact) mass is 111 g/mol. The number of rotatable bonds is 3. The van der Waals surface area contributed by atoms with Crippen LogP contribution in [0.3, 0.4) is 0 Å². The number of nitrogens with one attached hydrogen (secondary N) is 1. The van der Waals surface area contributed by atoms with Crippen LogP contribution >= 0.6 is 0 Å². The molecule has 0 bridgehead atoms. The van der Waals surface area contributed by atoms with E-state index in [0.29, 0.717) is 5.82 Å². The van der Waals surface area contributed by atoms with Crippen molar-refractivity contribution in [3.8, 4) is 0 Å². The summed E-state index contributed by atoms with van der Waals surface area (Å²) >= 11 is 0. The first-order valence-corrected chi connectivity index (χ1v) is 2.11. The zero-order chi connectivity index (χ0) is 6.41. The Bertz CT molecular complexity index is 115. The molecule has 0 saturated carbocycles. The van der Waals surface area contributed by atoms with Crippen molar-refractivity contribution in [3.63, 3.8) is 0 Å². The van der Waals surface area contributed by atoms with Gasteiger partial charge in [-0.15, -0.1) is 0 Å². The van der Waals surface area contributed by atoms with Crippen molar-refractivity contribution in [1.29, 1.82) is 0 Å². The molecule has 0 aromatic carbocycles. The van der Waals surface area contributed by atoms with Gasteiger partial charge < -0.3 is 11.1 Å². The standard InChI is InChI=1S/C5H9N3/c1-3-8-5(4-6)7-2/h3-4,8H,1-2,6H2/b5-4-. The SMILES string of the molecule is C=CN/C(=C\N)N=C. The average molecular weight is 111 g/mol. The van der Waals surface area contributed by atoms with Crippen molar-refractivity contribution in [1.82, 2.24) is 5.32 Å². The van der Waals surface area contributed by atoms with E-state index in [1.807, 2.05) is 0 Å². The lowest BCUT2D eigenvalue weighted by Gasteiger charge is -1.94. The molecule has 0 aromatic heterocycles. The molecule has 0 fully saturated rings. The van der Waals surface area contributed by atoms with Gasteiger partial charge in [-0.05, 0) is 12.9 Å². The first-order valence-electron chi connectivity index (χ1n) is 2.11. The fraction of sp³-hybridized carbons (Fsp3) is 0. The summed E-state index contributed by atoms with van der Waals surface area (Å²) in [6.07, 6.45) is 2.79. The van der Waals surface area contributed by atoms with Crippen LogP contribution in [0.5, 0.6) is 0 Å². The van der Waals surface area contributed by atoms with Crippen LogP contribution in [-0.4, -0.2) is 6.72 Å². The Morgan fingerprint density at radius 2 is 2.38 bits per heavy atom. The smallest absolute Gasteiger partial charge is 0.144 e. The summed E-state index contributed by atoms with van der Waals surface area (Å²) in [5.41, 5.74) is 5.06. The zero-order valence-electron chi connectivity index (χ0n) is 4.59. The third kappa shape index (κ3) is 2.02. The Kier molecular flexibility index (Phi) is 3.31. The van der Waals surface area contributed by atoms with Crippen LogP contribution < -0.4 is 11.1 Å². The topological polar surface area (TPSA) is 50.4 Å². The van der Waals surface area contributed by atoms with E-state index in [2.05, 4.69) is 23.6 Å². The molecular weight excluding hydrogens is 102 g/mol. The first-order chi connectivity index (χ1) is 3.85. The third-order valence-corrected chi connectivity index (χ3v) is 0.578. The minimum Gasteiger partial charge on any atom is -0.402 e. The van der Waals surface area contributed by atoms with Gasteiger partial charge in [0.05, 0.1) is 0 Å². The van der Waals surface area contributed by atoms with Gasteiger partial charge in [0.1, 0.15) is 5.82 Å². The van der Waals surface area contributed by atoms with Gasteiger partial charge in [-0.3, -0.25) is 0 Å². The number of hydrogen-bond acceptors (Lipinski definition) is 3. The van der Waals surface area contributed by atoms with Crippen LogP contribution in [-0.2, 0) is 0 Å². The Labute approximate surface area is 48.6 Å². The number of aliphatic imine (C=N–C) groups is 1. The molecule has 3 nitrogen and oxygen atoms in total. The van der Waals surface area contributed by atoms with Crippen LogP contribution in [0.4, 0.5) is 0 Å². The van der Waals surface area contributed by atoms with Gasteiger partial charge in [-0.1, -0.05) is 6.58 Å². The van der Waals surface area contributed by atoms with E-state index in [1.54, 1.807) is 0 Å². The lowest BCUT2D eigenvalue weighted by Crippen LogP contribution is -2.03. The summed E-state index contributed by atoms with van der Waals surface area (Å²) in [5.74, 6) is 0.514. The zero-order valence-corrected chi connectivity index (χ0v) is 4.59. The fourth-order valence-corrected chi connectivity index (χ4v) is 0.251. The number of hydrogen-bond donors (Lipinski definition) is 2. The largest absolute Gasteiger partial charge is 0.402 e. The van der Waals surface area contributed by atoms with E-state index >= 15 is 0 Å². The molecule has 0 aliphatic rings. The van der Waals surface area contributed by atoms with E-state index in [9.17, 15) is 0 Å². The maximum absolute atomic E-state index is 5.06. The molecule has 0 aromatic rings. The van der Waals surface area contributed by atoms with Gasteiger partial charge in [-0.25, -0.2) is 4.99 Å². The van der Waals surface area contributed by atoms with Crippen LogP contribution in [0, 0.1) is 0 Å². The van der Waals surface area contributed by atoms with E-state index in [1.165, 1.54) is 12.4 Å². The molecule has 0 spiro atoms. The maximum atomic E-state index is 5.06. The van der Waals surface area contributed by atoms with E-state index in [4.69, 9.17) is 5.73 Å². The predicted octanol–water partition coefficient (Wildman–Crippen LogP) is 0.178. The lowest BCUT2D eigenvalue weighted by atomic mass is 10.7. The van der Waals surface area contributed by atoms with E-state index in [-0.39, 0.29) is 0 Å². The molecule has 3 heteroatoms. The van der Waals surface area contributed by atoms with Crippen LogP contribution in [0.1, 0.15) is 0 Å². The molecule has 0 heterocycles. The quantitative estimate of drug-likeness (QED) is 0.510. The molecule has 3 N–H and O–H groups in total. The highest BCUT2D eigenvalue weighted by molar-refractivity contribution is 5.28. The Hall–Kier alpha value is -1.25. The lowest BCUT2D eigenvalue weighted by molar-refractivity contribution is 1.03. The number of nitrogens with two attached hydrogens (primary N) is 1. The molecule has 0 rings (SSSR count). The molecule has 0 unspecified atom stereocenters. The Balaban J connectivity index is 3.71. The highest BCUT2D eigenvalue weighted by Gasteiger charge is 1.79. The summed E-state index contributed by atoms with van der Waals surface area (Å²) in [6.45, 7) is 6.64. The van der Waals surface area contributed by atoms with Crippen LogP contribution in [0.15, 0.2) is 29.8 Å². The molecule has 0 atom stereocenters. The van der Waals surface area contributed by atoms with Crippen molar-refractivity contribution in [3.05, 3.63) is 24.8 Å². The normalized spacial score (nSPS) is 10.2. The minimum atomic E-state index is 0.514. The van der Waals surface area contributed by atoms with Crippen molar-refractivity contribution in [2.24, 2.45) is 10.7 Å². The third-order valence-electron chi connectivity index (χ3n) is 0.578. The molecule has 0 amide bonds. The highest BCUT2D eigenvalue weighted by atomic mass is 15.0. The second kappa shape index (κ2) is 3.92. The predicted molar refractivity (Wildman–Crippen MR) is 35.2 cm³/mol. The summed E-state index contributed by atoms with van der Waals surface area (Å²) < 4.78 is 0. The van der Waals surface area contributed by atoms with Crippen molar-refractivity contribution in [2.45, 2.75) is 0 Å². The molecule has 0 aliphatic heterocycles. The van der Waals surface area contributed by atoms with Gasteiger partial charge in [-0.2, -0.15) is 0 Å². The second-order valence-corrected chi connectivity index (χ2v) is 1.06. The maximum Gasteiger partial charge on any atom is 0.144 e. The summed E-state index contributed by atoms with van der Waals surface area (Å²) in [5, 5.41) is 2.65. The van der Waals surface area contributed by atoms with Crippen molar-refractivity contribution >= 4 is 6.72 Å². The number of nitrogens with zero attached hydrogens (tertiary/aromatic N) is 1. The molecule has 0 saturated heterocycles. The van der Waals surface area contributed by atoms with Gasteiger partial charge in [0, 0.05) is 6.20 Å². The molecule has 0 radical (unpaired) electrons. The van der Waals surface area contributed by atoms with Gasteiger partial charge in [0.25, 0.3) is 0 Å². The van der Waals surface area contributed by atoms with Gasteiger partial charge in [0.15, 0.2) is 0 Å².